The fraction of sp³-hybridized carbons (Fsp3) is 0.615. The summed E-state index contributed by atoms with van der Waals surface area (Å²) in [6.45, 7) is 9.02. The number of unbranched alkanes of at least 4 members (excludes halogenated alkanes) is 1. The van der Waals surface area contributed by atoms with E-state index in [9.17, 15) is 4.79 Å². The molecular weight excluding hydrogens is 186 g/mol. The molecule has 1 aromatic rings. The Hall–Kier alpha value is -1.05. The van der Waals surface area contributed by atoms with Gasteiger partial charge in [-0.1, -0.05) is 34.1 Å². The maximum atomic E-state index is 11.4. The van der Waals surface area contributed by atoms with E-state index < -0.39 is 0 Å². The Labute approximate surface area is 93.3 Å². The molecule has 0 aliphatic rings. The molecule has 0 radical (unpaired) electrons. The van der Waals surface area contributed by atoms with E-state index in [-0.39, 0.29) is 5.78 Å². The molecule has 1 rings (SSSR count). The molecule has 0 unspecified atom stereocenters. The predicted molar refractivity (Wildman–Crippen MR) is 65.3 cm³/mol. The summed E-state index contributed by atoms with van der Waals surface area (Å²) in [5, 5.41) is 0. The van der Waals surface area contributed by atoms with Gasteiger partial charge in [0.2, 0.25) is 0 Å². The summed E-state index contributed by atoms with van der Waals surface area (Å²) >= 11 is 0. The van der Waals surface area contributed by atoms with Crippen molar-refractivity contribution in [1.82, 2.24) is 4.57 Å². The number of aromatic nitrogens is 1. The van der Waals surface area contributed by atoms with Crippen molar-refractivity contribution in [2.45, 2.75) is 53.5 Å². The fourth-order valence-electron chi connectivity index (χ4n) is 1.37. The Kier molecular flexibility index (Phi) is 7.69. The number of ketones is 1. The van der Waals surface area contributed by atoms with E-state index in [1.54, 1.807) is 0 Å². The summed E-state index contributed by atoms with van der Waals surface area (Å²) in [5.74, 6) is 0.237. The highest BCUT2D eigenvalue weighted by atomic mass is 16.1. The monoisotopic (exact) mass is 209 g/mol. The Morgan fingerprint density at radius 1 is 1.33 bits per heavy atom. The molecule has 0 bridgehead atoms. The van der Waals surface area contributed by atoms with Crippen molar-refractivity contribution in [3.05, 3.63) is 24.0 Å². The Morgan fingerprint density at radius 2 is 2.00 bits per heavy atom. The average Bonchev–Trinajstić information content (AvgIpc) is 2.76. The van der Waals surface area contributed by atoms with E-state index in [0.29, 0.717) is 6.42 Å². The molecule has 1 heterocycles. The van der Waals surface area contributed by atoms with E-state index in [4.69, 9.17) is 0 Å². The lowest BCUT2D eigenvalue weighted by atomic mass is 10.2. The third-order valence-electron chi connectivity index (χ3n) is 2.19. The van der Waals surface area contributed by atoms with Gasteiger partial charge in [-0.15, -0.1) is 0 Å². The van der Waals surface area contributed by atoms with E-state index >= 15 is 0 Å². The standard InChI is InChI=1S/C11H17NO.C2H6/c1-3-5-8-12-9-6-7-10(12)11(13)4-2;1-2/h6-7,9H,3-5,8H2,1-2H3;1-2H3. The van der Waals surface area contributed by atoms with Crippen LogP contribution in [-0.2, 0) is 6.54 Å². The van der Waals surface area contributed by atoms with Crippen molar-refractivity contribution in [2.24, 2.45) is 0 Å². The highest BCUT2D eigenvalue weighted by molar-refractivity contribution is 5.94. The molecule has 15 heavy (non-hydrogen) atoms. The first-order valence-corrected chi connectivity index (χ1v) is 5.98. The SMILES string of the molecule is CC.CCCCn1cccc1C(=O)CC. The minimum absolute atomic E-state index is 0.237. The van der Waals surface area contributed by atoms with Crippen molar-refractivity contribution in [3.8, 4) is 0 Å². The number of aryl methyl sites for hydroxylation is 1. The summed E-state index contributed by atoms with van der Waals surface area (Å²) in [6, 6.07) is 3.85. The molecule has 2 nitrogen and oxygen atoms in total. The maximum Gasteiger partial charge on any atom is 0.178 e. The minimum Gasteiger partial charge on any atom is -0.345 e. The van der Waals surface area contributed by atoms with Crippen LogP contribution in [0.1, 0.15) is 57.4 Å². The van der Waals surface area contributed by atoms with Gasteiger partial charge in [-0.05, 0) is 18.6 Å². The van der Waals surface area contributed by atoms with Gasteiger partial charge in [0, 0.05) is 19.2 Å². The Morgan fingerprint density at radius 3 is 2.53 bits per heavy atom. The zero-order chi connectivity index (χ0) is 11.7. The topological polar surface area (TPSA) is 22.0 Å². The fourth-order valence-corrected chi connectivity index (χ4v) is 1.37. The van der Waals surface area contributed by atoms with Crippen molar-refractivity contribution in [1.29, 1.82) is 0 Å². The number of nitrogens with zero attached hydrogens (tertiary/aromatic N) is 1. The van der Waals surface area contributed by atoms with E-state index in [1.165, 1.54) is 0 Å². The van der Waals surface area contributed by atoms with Gasteiger partial charge in [-0.25, -0.2) is 0 Å². The summed E-state index contributed by atoms with van der Waals surface area (Å²) in [4.78, 5) is 11.4. The van der Waals surface area contributed by atoms with Crippen molar-refractivity contribution >= 4 is 5.78 Å². The first-order valence-electron chi connectivity index (χ1n) is 5.98. The van der Waals surface area contributed by atoms with Gasteiger partial charge in [0.1, 0.15) is 0 Å². The Bertz CT molecular complexity index is 276. The van der Waals surface area contributed by atoms with E-state index in [0.717, 1.165) is 25.1 Å². The first-order chi connectivity index (χ1) is 7.29. The van der Waals surface area contributed by atoms with Crippen LogP contribution < -0.4 is 0 Å². The number of rotatable bonds is 5. The highest BCUT2D eigenvalue weighted by Crippen LogP contribution is 2.07. The molecule has 1 aromatic heterocycles. The van der Waals surface area contributed by atoms with Crippen LogP contribution in [0.3, 0.4) is 0 Å². The number of Topliss-reactive ketones (excluding diaryl/α,β-unsaturated/α-hetero) is 1. The summed E-state index contributed by atoms with van der Waals surface area (Å²) in [7, 11) is 0. The molecule has 0 spiro atoms. The second-order valence-corrected chi connectivity index (χ2v) is 3.22. The van der Waals surface area contributed by atoms with Gasteiger partial charge in [-0.2, -0.15) is 0 Å². The normalized spacial score (nSPS) is 9.33. The van der Waals surface area contributed by atoms with Gasteiger partial charge in [-0.3, -0.25) is 4.79 Å². The van der Waals surface area contributed by atoms with Crippen LogP contribution in [-0.4, -0.2) is 10.4 Å². The van der Waals surface area contributed by atoms with Gasteiger partial charge < -0.3 is 4.57 Å². The molecule has 0 N–H and O–H groups in total. The quantitative estimate of drug-likeness (QED) is 0.674. The molecule has 0 saturated heterocycles. The van der Waals surface area contributed by atoms with E-state index in [1.807, 2.05) is 39.1 Å². The second-order valence-electron chi connectivity index (χ2n) is 3.22. The predicted octanol–water partition coefficient (Wildman–Crippen LogP) is 3.91. The third-order valence-corrected chi connectivity index (χ3v) is 2.19. The lowest BCUT2D eigenvalue weighted by molar-refractivity contribution is 0.0979. The lowest BCUT2D eigenvalue weighted by Gasteiger charge is -2.05. The van der Waals surface area contributed by atoms with Crippen molar-refractivity contribution < 1.29 is 4.79 Å². The molecular formula is C13H23NO. The van der Waals surface area contributed by atoms with Gasteiger partial charge in [0.05, 0.1) is 5.69 Å². The molecule has 0 amide bonds. The van der Waals surface area contributed by atoms with Crippen LogP contribution in [0, 0.1) is 0 Å². The molecule has 0 aliphatic carbocycles. The van der Waals surface area contributed by atoms with Crippen LogP contribution in [0.25, 0.3) is 0 Å². The number of hydrogen-bond acceptors (Lipinski definition) is 1. The van der Waals surface area contributed by atoms with Gasteiger partial charge in [0.15, 0.2) is 5.78 Å². The summed E-state index contributed by atoms with van der Waals surface area (Å²) in [5.41, 5.74) is 0.857. The number of carbonyl (C=O) groups is 1. The highest BCUT2D eigenvalue weighted by Gasteiger charge is 2.07. The minimum atomic E-state index is 0.237. The van der Waals surface area contributed by atoms with Crippen LogP contribution in [0.4, 0.5) is 0 Å². The van der Waals surface area contributed by atoms with Gasteiger partial charge >= 0.3 is 0 Å². The van der Waals surface area contributed by atoms with Crippen LogP contribution >= 0.6 is 0 Å². The molecule has 0 aromatic carbocycles. The number of hydrogen-bond donors (Lipinski definition) is 0. The molecule has 0 saturated carbocycles. The van der Waals surface area contributed by atoms with Crippen LogP contribution in [0.15, 0.2) is 18.3 Å². The Balaban J connectivity index is 0.000000921. The average molecular weight is 209 g/mol. The number of carbonyl (C=O) groups excluding carboxylic acids is 1. The first kappa shape index (κ1) is 13.9. The van der Waals surface area contributed by atoms with Gasteiger partial charge in [0.25, 0.3) is 0 Å². The van der Waals surface area contributed by atoms with Crippen LogP contribution in [0.2, 0.25) is 0 Å². The molecule has 86 valence electrons. The zero-order valence-electron chi connectivity index (χ0n) is 10.4. The molecule has 0 fully saturated rings. The third kappa shape index (κ3) is 4.32. The smallest absolute Gasteiger partial charge is 0.178 e. The largest absolute Gasteiger partial charge is 0.345 e. The second kappa shape index (κ2) is 8.27. The summed E-state index contributed by atoms with van der Waals surface area (Å²) in [6.07, 6.45) is 4.88. The van der Waals surface area contributed by atoms with Crippen LogP contribution in [0.5, 0.6) is 0 Å². The summed E-state index contributed by atoms with van der Waals surface area (Å²) < 4.78 is 2.05. The molecule has 0 aliphatic heterocycles. The van der Waals surface area contributed by atoms with Crippen molar-refractivity contribution in [3.63, 3.8) is 0 Å². The lowest BCUT2D eigenvalue weighted by Crippen LogP contribution is -2.07. The zero-order valence-corrected chi connectivity index (χ0v) is 10.4. The molecule has 2 heteroatoms. The maximum absolute atomic E-state index is 11.4. The van der Waals surface area contributed by atoms with E-state index in [2.05, 4.69) is 11.5 Å². The van der Waals surface area contributed by atoms with Crippen molar-refractivity contribution in [2.75, 3.05) is 0 Å². The molecule has 0 atom stereocenters.